The zero-order valence-corrected chi connectivity index (χ0v) is 18.3. The van der Waals surface area contributed by atoms with E-state index in [2.05, 4.69) is 52.5 Å². The number of carboxylic acid groups (broad SMARTS) is 1. The molecule has 0 fully saturated rings. The molecule has 158 valence electrons. The lowest BCUT2D eigenvalue weighted by atomic mass is 9.96. The van der Waals surface area contributed by atoms with Crippen LogP contribution in [0.5, 0.6) is 0 Å². The van der Waals surface area contributed by atoms with Crippen molar-refractivity contribution in [1.29, 1.82) is 0 Å². The Balaban J connectivity index is 1.74. The highest BCUT2D eigenvalue weighted by molar-refractivity contribution is 7.19. The molecule has 5 nitrogen and oxygen atoms in total. The van der Waals surface area contributed by atoms with Gasteiger partial charge in [0.1, 0.15) is 17.0 Å². The first kappa shape index (κ1) is 20.2. The predicted octanol–water partition coefficient (Wildman–Crippen LogP) is 6.31. The smallest absolute Gasteiger partial charge is 0.330 e. The molecule has 0 aliphatic carbocycles. The average Bonchev–Trinajstić information content (AvgIpc) is 3.22. The molecule has 2 N–H and O–H groups in total. The number of aryl methyl sites for hydroxylation is 1. The number of anilines is 1. The summed E-state index contributed by atoms with van der Waals surface area (Å²) in [6, 6.07) is 22.8. The van der Waals surface area contributed by atoms with Crippen molar-refractivity contribution < 1.29 is 9.90 Å². The molecule has 5 aromatic rings. The number of benzene rings is 3. The lowest BCUT2D eigenvalue weighted by Crippen LogP contribution is -2.21. The van der Waals surface area contributed by atoms with Gasteiger partial charge in [0.25, 0.3) is 0 Å². The van der Waals surface area contributed by atoms with E-state index >= 15 is 0 Å². The van der Waals surface area contributed by atoms with Crippen LogP contribution in [0, 0.1) is 0 Å². The third-order valence-electron chi connectivity index (χ3n) is 5.60. The van der Waals surface area contributed by atoms with Crippen LogP contribution in [0.2, 0.25) is 0 Å². The third kappa shape index (κ3) is 3.48. The Hall–Kier alpha value is -3.77. The molecule has 0 bridgehead atoms. The van der Waals surface area contributed by atoms with E-state index < -0.39 is 12.0 Å². The highest BCUT2D eigenvalue weighted by Crippen LogP contribution is 2.44. The van der Waals surface area contributed by atoms with Gasteiger partial charge in [-0.25, -0.2) is 14.8 Å². The number of hydrogen-bond acceptors (Lipinski definition) is 5. The number of rotatable bonds is 6. The molecule has 0 aliphatic rings. The maximum absolute atomic E-state index is 12.1. The fourth-order valence-corrected chi connectivity index (χ4v) is 5.23. The summed E-state index contributed by atoms with van der Waals surface area (Å²) in [5.74, 6) is -0.425. The van der Waals surface area contributed by atoms with Crippen LogP contribution in [0.25, 0.3) is 32.1 Å². The van der Waals surface area contributed by atoms with E-state index in [-0.39, 0.29) is 0 Å². The summed E-state index contributed by atoms with van der Waals surface area (Å²) in [6.07, 6.45) is 2.34. The van der Waals surface area contributed by atoms with Gasteiger partial charge < -0.3 is 10.4 Å². The molecule has 2 aromatic heterocycles. The van der Waals surface area contributed by atoms with Gasteiger partial charge in [-0.05, 0) is 28.3 Å². The molecular formula is C26H21N3O2S. The van der Waals surface area contributed by atoms with Crippen molar-refractivity contribution in [2.45, 2.75) is 19.4 Å². The summed E-state index contributed by atoms with van der Waals surface area (Å²) in [7, 11) is 0. The van der Waals surface area contributed by atoms with Crippen molar-refractivity contribution >= 4 is 44.1 Å². The van der Waals surface area contributed by atoms with E-state index in [1.165, 1.54) is 11.2 Å². The summed E-state index contributed by atoms with van der Waals surface area (Å²) < 4.78 is 0. The van der Waals surface area contributed by atoms with E-state index in [1.807, 2.05) is 30.3 Å². The van der Waals surface area contributed by atoms with Crippen molar-refractivity contribution in [2.75, 3.05) is 5.32 Å². The number of thiophene rings is 1. The van der Waals surface area contributed by atoms with Crippen molar-refractivity contribution in [3.05, 3.63) is 89.6 Å². The molecule has 1 unspecified atom stereocenters. The standard InChI is InChI=1S/C26H21N3O2S/c1-2-20-21(19-14-8-12-16-9-6-7-13-18(16)19)22-24(27-15-28-25(22)32-20)29-23(26(30)31)17-10-4-3-5-11-17/h3-15,23H,2H2,1H3,(H,30,31)(H,27,28,29). The van der Waals surface area contributed by atoms with Crippen LogP contribution in [0.4, 0.5) is 5.82 Å². The Labute approximate surface area is 189 Å². The fourth-order valence-electron chi connectivity index (χ4n) is 4.14. The van der Waals surface area contributed by atoms with Crippen LogP contribution < -0.4 is 5.32 Å². The number of aliphatic carboxylic acids is 1. The molecule has 0 saturated heterocycles. The Morgan fingerprint density at radius 3 is 2.53 bits per heavy atom. The lowest BCUT2D eigenvalue weighted by molar-refractivity contribution is -0.138. The number of nitrogens with zero attached hydrogens (tertiary/aromatic N) is 2. The second-order valence-corrected chi connectivity index (χ2v) is 8.59. The number of nitrogens with one attached hydrogen (secondary N) is 1. The molecule has 1 atom stereocenters. The number of hydrogen-bond donors (Lipinski definition) is 2. The van der Waals surface area contributed by atoms with Gasteiger partial charge in [-0.3, -0.25) is 0 Å². The Morgan fingerprint density at radius 2 is 1.75 bits per heavy atom. The van der Waals surface area contributed by atoms with Gasteiger partial charge in [-0.1, -0.05) is 79.7 Å². The van der Waals surface area contributed by atoms with E-state index in [4.69, 9.17) is 0 Å². The van der Waals surface area contributed by atoms with Crippen molar-refractivity contribution in [1.82, 2.24) is 9.97 Å². The zero-order chi connectivity index (χ0) is 22.1. The SMILES string of the molecule is CCc1sc2ncnc(NC(C(=O)O)c3ccccc3)c2c1-c1cccc2ccccc12. The molecule has 2 heterocycles. The van der Waals surface area contributed by atoms with E-state index in [0.29, 0.717) is 11.4 Å². The van der Waals surface area contributed by atoms with E-state index in [9.17, 15) is 9.90 Å². The van der Waals surface area contributed by atoms with Crippen molar-refractivity contribution in [3.8, 4) is 11.1 Å². The summed E-state index contributed by atoms with van der Waals surface area (Å²) in [6.45, 7) is 2.13. The maximum Gasteiger partial charge on any atom is 0.330 e. The first-order valence-electron chi connectivity index (χ1n) is 10.5. The average molecular weight is 440 g/mol. The molecule has 32 heavy (non-hydrogen) atoms. The van der Waals surface area contributed by atoms with Crippen molar-refractivity contribution in [3.63, 3.8) is 0 Å². The van der Waals surface area contributed by atoms with Crippen LogP contribution in [0.3, 0.4) is 0 Å². The molecule has 0 amide bonds. The van der Waals surface area contributed by atoms with Crippen LogP contribution >= 0.6 is 11.3 Å². The van der Waals surface area contributed by atoms with E-state index in [0.717, 1.165) is 38.5 Å². The molecule has 5 rings (SSSR count). The molecule has 0 spiro atoms. The van der Waals surface area contributed by atoms with E-state index in [1.54, 1.807) is 23.5 Å². The van der Waals surface area contributed by atoms with Gasteiger partial charge in [0, 0.05) is 10.4 Å². The maximum atomic E-state index is 12.1. The highest BCUT2D eigenvalue weighted by atomic mass is 32.1. The highest BCUT2D eigenvalue weighted by Gasteiger charge is 2.24. The normalized spacial score (nSPS) is 12.2. The predicted molar refractivity (Wildman–Crippen MR) is 130 cm³/mol. The number of aromatic nitrogens is 2. The Morgan fingerprint density at radius 1 is 1.00 bits per heavy atom. The molecule has 0 aliphatic heterocycles. The molecule has 3 aromatic carbocycles. The monoisotopic (exact) mass is 439 g/mol. The summed E-state index contributed by atoms with van der Waals surface area (Å²) in [5.41, 5.74) is 2.85. The minimum Gasteiger partial charge on any atom is -0.479 e. The second kappa shape index (κ2) is 8.40. The summed E-state index contributed by atoms with van der Waals surface area (Å²) >= 11 is 1.63. The summed E-state index contributed by atoms with van der Waals surface area (Å²) in [5, 5.41) is 16.3. The number of carboxylic acids is 1. The zero-order valence-electron chi connectivity index (χ0n) is 17.4. The number of fused-ring (bicyclic) bond motifs is 2. The van der Waals surface area contributed by atoms with Crippen LogP contribution in [0.15, 0.2) is 79.1 Å². The van der Waals surface area contributed by atoms with Gasteiger partial charge in [-0.2, -0.15) is 0 Å². The lowest BCUT2D eigenvalue weighted by Gasteiger charge is -2.17. The topological polar surface area (TPSA) is 75.1 Å². The quantitative estimate of drug-likeness (QED) is 0.324. The molecule has 0 saturated carbocycles. The first-order valence-corrected chi connectivity index (χ1v) is 11.3. The van der Waals surface area contributed by atoms with Crippen molar-refractivity contribution in [2.24, 2.45) is 0 Å². The Kier molecular flexibility index (Phi) is 5.29. The molecule has 6 heteroatoms. The van der Waals surface area contributed by atoms with Crippen LogP contribution in [0.1, 0.15) is 23.4 Å². The minimum absolute atomic E-state index is 0.533. The second-order valence-electron chi connectivity index (χ2n) is 7.51. The largest absolute Gasteiger partial charge is 0.479 e. The summed E-state index contributed by atoms with van der Waals surface area (Å²) in [4.78, 5) is 23.2. The van der Waals surface area contributed by atoms with Crippen LogP contribution in [-0.2, 0) is 11.2 Å². The van der Waals surface area contributed by atoms with Crippen LogP contribution in [-0.4, -0.2) is 21.0 Å². The molecule has 0 radical (unpaired) electrons. The Bertz CT molecular complexity index is 1420. The van der Waals surface area contributed by atoms with Gasteiger partial charge in [-0.15, -0.1) is 11.3 Å². The van der Waals surface area contributed by atoms with Gasteiger partial charge >= 0.3 is 5.97 Å². The third-order valence-corrected chi connectivity index (χ3v) is 6.84. The van der Waals surface area contributed by atoms with Gasteiger partial charge in [0.15, 0.2) is 6.04 Å². The van der Waals surface area contributed by atoms with Gasteiger partial charge in [0.05, 0.1) is 5.39 Å². The first-order chi connectivity index (χ1) is 15.7. The van der Waals surface area contributed by atoms with Gasteiger partial charge in [0.2, 0.25) is 0 Å². The number of carbonyl (C=O) groups is 1. The minimum atomic E-state index is -0.958. The molecular weight excluding hydrogens is 418 g/mol. The fraction of sp³-hybridized carbons (Fsp3) is 0.115.